The molecule has 0 unspecified atom stereocenters. The van der Waals surface area contributed by atoms with Crippen molar-refractivity contribution in [3.8, 4) is 33.6 Å². The van der Waals surface area contributed by atoms with Gasteiger partial charge in [-0.2, -0.15) is 0 Å². The summed E-state index contributed by atoms with van der Waals surface area (Å²) >= 11 is 2.89. The fraction of sp³-hybridized carbons (Fsp3) is 0.467. The first-order valence-electron chi connectivity index (χ1n) is 26.5. The van der Waals surface area contributed by atoms with E-state index in [1.165, 1.54) is 160 Å². The molecule has 8 nitrogen and oxygen atoms in total. The standard InChI is InChI=1S/C60H80N6O2S2/c1-51(67)69-47-19-11-9-17-37-65-43-29-57(30-44-65)55-25-39-63(40-26-55)35-15-7-3-5-13-21-53-23-33-61-59(49-53)60-50-54(24-34-62-60)22-14-6-4-8-16-36-64-41-27-56(28-42-64)58-31-45-66(46-32-58)38-18-10-12-20-48-70-52(2)68/h23-34,39-46,49-50H,3-22,35-38,47-48H2,1-2H3/q+4. The SMILES string of the molecule is CC(=O)SCCCCCC[n+]1ccc(-c2cc[n+](CCCCCCCc3ccnc(-c4cc(CCCCCCC[n+]5ccc(-c6cc[n+](CCCCCCSC(C)=O)cc6)cc5)ccn4)c3)cc2)cc1. The van der Waals surface area contributed by atoms with Crippen LogP contribution in [0.5, 0.6) is 0 Å². The average molecular weight is 981 g/mol. The minimum absolute atomic E-state index is 0.225. The highest BCUT2D eigenvalue weighted by Crippen LogP contribution is 2.21. The number of rotatable bonds is 33. The van der Waals surface area contributed by atoms with Gasteiger partial charge >= 0.3 is 0 Å². The van der Waals surface area contributed by atoms with Gasteiger partial charge in [0, 0.05) is 112 Å². The number of unbranched alkanes of at least 4 members (excludes halogenated alkanes) is 14. The van der Waals surface area contributed by atoms with Crippen molar-refractivity contribution in [2.45, 2.75) is 168 Å². The van der Waals surface area contributed by atoms with Crippen LogP contribution in [0.1, 0.15) is 141 Å². The molecule has 6 aromatic heterocycles. The zero-order valence-corrected chi connectivity index (χ0v) is 44.0. The van der Waals surface area contributed by atoms with E-state index in [1.807, 2.05) is 12.4 Å². The molecule has 10 heteroatoms. The lowest BCUT2D eigenvalue weighted by Crippen LogP contribution is -2.33. The van der Waals surface area contributed by atoms with Crippen molar-refractivity contribution in [1.82, 2.24) is 9.97 Å². The van der Waals surface area contributed by atoms with E-state index >= 15 is 0 Å². The van der Waals surface area contributed by atoms with Crippen LogP contribution in [0.4, 0.5) is 0 Å². The van der Waals surface area contributed by atoms with Crippen LogP contribution in [0.25, 0.3) is 33.6 Å². The molecule has 0 bridgehead atoms. The largest absolute Gasteiger partial charge is 0.288 e. The van der Waals surface area contributed by atoms with E-state index < -0.39 is 0 Å². The van der Waals surface area contributed by atoms with Crippen LogP contribution in [0.3, 0.4) is 0 Å². The topological polar surface area (TPSA) is 75.4 Å². The van der Waals surface area contributed by atoms with Crippen LogP contribution >= 0.6 is 23.5 Å². The van der Waals surface area contributed by atoms with Crippen molar-refractivity contribution in [3.63, 3.8) is 0 Å². The first kappa shape index (κ1) is 54.3. The first-order valence-corrected chi connectivity index (χ1v) is 28.5. The minimum Gasteiger partial charge on any atom is -0.288 e. The van der Waals surface area contributed by atoms with Crippen molar-refractivity contribution in [2.24, 2.45) is 0 Å². The fourth-order valence-electron chi connectivity index (χ4n) is 8.97. The third kappa shape index (κ3) is 21.1. The molecule has 0 atom stereocenters. The Morgan fingerprint density at radius 1 is 0.371 bits per heavy atom. The third-order valence-electron chi connectivity index (χ3n) is 13.1. The molecule has 0 saturated carbocycles. The second-order valence-electron chi connectivity index (χ2n) is 18.9. The van der Waals surface area contributed by atoms with E-state index in [2.05, 4.69) is 141 Å². The monoisotopic (exact) mass is 981 g/mol. The summed E-state index contributed by atoms with van der Waals surface area (Å²) in [4.78, 5) is 31.6. The highest BCUT2D eigenvalue weighted by molar-refractivity contribution is 8.13. The number of aryl methyl sites for hydroxylation is 6. The van der Waals surface area contributed by atoms with Gasteiger partial charge in [0.05, 0.1) is 11.4 Å². The molecule has 370 valence electrons. The van der Waals surface area contributed by atoms with Gasteiger partial charge in [-0.15, -0.1) is 0 Å². The maximum Gasteiger partial charge on any atom is 0.185 e. The zero-order chi connectivity index (χ0) is 48.9. The Balaban J connectivity index is 0.786. The van der Waals surface area contributed by atoms with Crippen molar-refractivity contribution >= 4 is 33.8 Å². The molecule has 0 amide bonds. The second kappa shape index (κ2) is 32.0. The summed E-state index contributed by atoms with van der Waals surface area (Å²) in [7, 11) is 0. The van der Waals surface area contributed by atoms with Gasteiger partial charge in [-0.3, -0.25) is 19.6 Å². The van der Waals surface area contributed by atoms with Gasteiger partial charge in [0.1, 0.15) is 26.2 Å². The molecular weight excluding hydrogens is 901 g/mol. The van der Waals surface area contributed by atoms with E-state index in [0.29, 0.717) is 0 Å². The maximum absolute atomic E-state index is 11.1. The molecule has 0 aromatic carbocycles. The van der Waals surface area contributed by atoms with Crippen LogP contribution in [0.2, 0.25) is 0 Å². The number of carbonyl (C=O) groups is 2. The molecule has 0 aliphatic carbocycles. The summed E-state index contributed by atoms with van der Waals surface area (Å²) in [5.74, 6) is 1.90. The van der Waals surface area contributed by atoms with Crippen molar-refractivity contribution in [1.29, 1.82) is 0 Å². The Hall–Kier alpha value is -5.06. The average Bonchev–Trinajstić information content (AvgIpc) is 3.38. The Bertz CT molecular complexity index is 2240. The molecule has 0 N–H and O–H groups in total. The van der Waals surface area contributed by atoms with Crippen LogP contribution in [-0.2, 0) is 48.6 Å². The van der Waals surface area contributed by atoms with Crippen molar-refractivity contribution in [3.05, 3.63) is 146 Å². The molecule has 6 heterocycles. The highest BCUT2D eigenvalue weighted by atomic mass is 32.2. The van der Waals surface area contributed by atoms with Crippen molar-refractivity contribution in [2.75, 3.05) is 11.5 Å². The lowest BCUT2D eigenvalue weighted by atomic mass is 10.0. The minimum atomic E-state index is 0.225. The molecule has 6 rings (SSSR count). The Kier molecular flexibility index (Phi) is 24.8. The number of hydrogen-bond donors (Lipinski definition) is 0. The highest BCUT2D eigenvalue weighted by Gasteiger charge is 2.10. The lowest BCUT2D eigenvalue weighted by Gasteiger charge is -2.07. The molecule has 6 aromatic rings. The number of carbonyl (C=O) groups excluding carboxylic acids is 2. The molecule has 0 saturated heterocycles. The second-order valence-corrected chi connectivity index (χ2v) is 21.5. The summed E-state index contributed by atoms with van der Waals surface area (Å²) in [5, 5.41) is 0.449. The third-order valence-corrected chi connectivity index (χ3v) is 14.9. The van der Waals surface area contributed by atoms with Gasteiger partial charge in [0.15, 0.2) is 59.8 Å². The lowest BCUT2D eigenvalue weighted by molar-refractivity contribution is -0.697. The normalized spacial score (nSPS) is 11.3. The summed E-state index contributed by atoms with van der Waals surface area (Å²) < 4.78 is 9.19. The Morgan fingerprint density at radius 2 is 0.643 bits per heavy atom. The summed E-state index contributed by atoms with van der Waals surface area (Å²) in [6.45, 7) is 7.50. The van der Waals surface area contributed by atoms with Gasteiger partial charge in [0.25, 0.3) is 0 Å². The zero-order valence-electron chi connectivity index (χ0n) is 42.4. The number of aromatic nitrogens is 6. The van der Waals surface area contributed by atoms with Crippen LogP contribution in [0.15, 0.2) is 135 Å². The maximum atomic E-state index is 11.1. The molecule has 70 heavy (non-hydrogen) atoms. The quantitative estimate of drug-likeness (QED) is 0.0302. The van der Waals surface area contributed by atoms with E-state index in [1.54, 1.807) is 13.8 Å². The van der Waals surface area contributed by atoms with Crippen LogP contribution in [0, 0.1) is 0 Å². The number of pyridine rings is 6. The molecular formula is C60H80N6O2S2+4. The van der Waals surface area contributed by atoms with E-state index in [0.717, 1.165) is 74.8 Å². The van der Waals surface area contributed by atoms with Gasteiger partial charge < -0.3 is 0 Å². The van der Waals surface area contributed by atoms with E-state index in [4.69, 9.17) is 9.97 Å². The van der Waals surface area contributed by atoms with Gasteiger partial charge in [-0.1, -0.05) is 62.0 Å². The molecule has 0 aliphatic heterocycles. The van der Waals surface area contributed by atoms with Gasteiger partial charge in [0.2, 0.25) is 0 Å². The smallest absolute Gasteiger partial charge is 0.185 e. The fourth-order valence-corrected chi connectivity index (χ4v) is 10.2. The van der Waals surface area contributed by atoms with Gasteiger partial charge in [-0.05, 0) is 122 Å². The van der Waals surface area contributed by atoms with E-state index in [-0.39, 0.29) is 10.2 Å². The molecule has 0 radical (unpaired) electrons. The number of nitrogens with zero attached hydrogens (tertiary/aromatic N) is 6. The van der Waals surface area contributed by atoms with Gasteiger partial charge in [-0.25, -0.2) is 18.3 Å². The predicted octanol–water partition coefficient (Wildman–Crippen LogP) is 12.7. The number of thioether (sulfide) groups is 2. The van der Waals surface area contributed by atoms with E-state index in [9.17, 15) is 9.59 Å². The van der Waals surface area contributed by atoms with Crippen molar-refractivity contribution < 1.29 is 27.9 Å². The first-order chi connectivity index (χ1) is 34.4. The summed E-state index contributed by atoms with van der Waals surface area (Å²) in [6, 6.07) is 26.7. The predicted molar refractivity (Wildman–Crippen MR) is 289 cm³/mol. The molecule has 0 fully saturated rings. The molecule has 0 aliphatic rings. The van der Waals surface area contributed by atoms with Crippen LogP contribution in [-0.4, -0.2) is 31.7 Å². The Labute approximate surface area is 428 Å². The Morgan fingerprint density at radius 3 is 0.943 bits per heavy atom. The summed E-state index contributed by atoms with van der Waals surface area (Å²) in [6.07, 6.45) is 45.5. The molecule has 0 spiro atoms. The number of hydrogen-bond acceptors (Lipinski definition) is 6. The summed E-state index contributed by atoms with van der Waals surface area (Å²) in [5.41, 5.74) is 9.70. The van der Waals surface area contributed by atoms with Crippen LogP contribution < -0.4 is 18.3 Å².